The number of hydrogen-bond acceptors (Lipinski definition) is 3. The minimum absolute atomic E-state index is 0.230. The van der Waals surface area contributed by atoms with Gasteiger partial charge in [0, 0.05) is 18.4 Å². The molecule has 2 N–H and O–H groups in total. The summed E-state index contributed by atoms with van der Waals surface area (Å²) in [6, 6.07) is 0.454. The lowest BCUT2D eigenvalue weighted by molar-refractivity contribution is -0.0945. The molecule has 3 fully saturated rings. The fraction of sp³-hybridized carbons (Fsp3) is 1.00. The maximum Gasteiger partial charge on any atom is 0.0783 e. The van der Waals surface area contributed by atoms with Crippen LogP contribution in [-0.4, -0.2) is 29.8 Å². The average Bonchev–Trinajstić information content (AvgIpc) is 2.80. The predicted molar refractivity (Wildman–Crippen MR) is 77.8 cm³/mol. The molecule has 18 heavy (non-hydrogen) atoms. The van der Waals surface area contributed by atoms with Gasteiger partial charge in [-0.1, -0.05) is 6.92 Å². The maximum absolute atomic E-state index is 6.41. The van der Waals surface area contributed by atoms with Crippen LogP contribution in [0.5, 0.6) is 0 Å². The summed E-state index contributed by atoms with van der Waals surface area (Å²) in [6.45, 7) is 3.38. The second-order valence-electron chi connectivity index (χ2n) is 6.83. The second kappa shape index (κ2) is 5.34. The number of thioether (sulfide) groups is 1. The molecule has 2 heterocycles. The summed E-state index contributed by atoms with van der Waals surface area (Å²) in [5.41, 5.74) is 6.64. The third-order valence-corrected chi connectivity index (χ3v) is 6.64. The first-order valence-corrected chi connectivity index (χ1v) is 8.81. The molecular weight excluding hydrogens is 242 g/mol. The van der Waals surface area contributed by atoms with E-state index in [4.69, 9.17) is 10.5 Å². The van der Waals surface area contributed by atoms with E-state index in [1.54, 1.807) is 0 Å². The summed E-state index contributed by atoms with van der Waals surface area (Å²) < 4.78 is 6.15. The molecule has 3 rings (SSSR count). The van der Waals surface area contributed by atoms with Crippen LogP contribution in [0.2, 0.25) is 0 Å². The van der Waals surface area contributed by atoms with Gasteiger partial charge in [-0.15, -0.1) is 0 Å². The summed E-state index contributed by atoms with van der Waals surface area (Å²) in [6.07, 6.45) is 7.73. The summed E-state index contributed by atoms with van der Waals surface area (Å²) >= 11 is 2.07. The molecule has 0 bridgehead atoms. The molecule has 2 saturated heterocycles. The number of nitrogens with two attached hydrogens (primary N) is 1. The first-order valence-electron chi connectivity index (χ1n) is 7.66. The van der Waals surface area contributed by atoms with Crippen LogP contribution >= 0.6 is 11.8 Å². The molecule has 0 aromatic heterocycles. The quantitative estimate of drug-likeness (QED) is 0.794. The standard InChI is InChI=1S/C15H27NOS/c1-11-2-3-14(16)13(8-11)12-4-6-17-15(9-12)5-7-18-10-15/h11-14H,2-10,16H2,1H3. The van der Waals surface area contributed by atoms with Crippen molar-refractivity contribution in [1.29, 1.82) is 0 Å². The van der Waals surface area contributed by atoms with Crippen molar-refractivity contribution in [2.45, 2.75) is 57.1 Å². The van der Waals surface area contributed by atoms with Gasteiger partial charge in [0.2, 0.25) is 0 Å². The highest BCUT2D eigenvalue weighted by Gasteiger charge is 2.44. The first-order chi connectivity index (χ1) is 8.69. The molecule has 0 aromatic rings. The summed E-state index contributed by atoms with van der Waals surface area (Å²) in [5.74, 6) is 4.99. The molecular formula is C15H27NOS. The van der Waals surface area contributed by atoms with Crippen molar-refractivity contribution in [3.05, 3.63) is 0 Å². The summed E-state index contributed by atoms with van der Waals surface area (Å²) in [5, 5.41) is 0. The lowest BCUT2D eigenvalue weighted by Gasteiger charge is -2.45. The highest BCUT2D eigenvalue weighted by atomic mass is 32.2. The fourth-order valence-corrected chi connectivity index (χ4v) is 5.66. The summed E-state index contributed by atoms with van der Waals surface area (Å²) in [7, 11) is 0. The van der Waals surface area contributed by atoms with E-state index < -0.39 is 0 Å². The number of rotatable bonds is 1. The Labute approximate surface area is 115 Å². The van der Waals surface area contributed by atoms with Crippen molar-refractivity contribution in [2.24, 2.45) is 23.5 Å². The van der Waals surface area contributed by atoms with Crippen LogP contribution < -0.4 is 5.73 Å². The molecule has 0 aromatic carbocycles. The lowest BCUT2D eigenvalue weighted by atomic mass is 9.68. The molecule has 3 heteroatoms. The van der Waals surface area contributed by atoms with Gasteiger partial charge in [-0.2, -0.15) is 11.8 Å². The maximum atomic E-state index is 6.41. The topological polar surface area (TPSA) is 35.2 Å². The Hall–Kier alpha value is 0.270. The summed E-state index contributed by atoms with van der Waals surface area (Å²) in [4.78, 5) is 0. The van der Waals surface area contributed by atoms with E-state index in [1.165, 1.54) is 50.0 Å². The van der Waals surface area contributed by atoms with E-state index in [0.717, 1.165) is 24.4 Å². The molecule has 3 aliphatic rings. The van der Waals surface area contributed by atoms with Crippen LogP contribution in [0.25, 0.3) is 0 Å². The predicted octanol–water partition coefficient (Wildman–Crippen LogP) is 3.05. The molecule has 5 unspecified atom stereocenters. The van der Waals surface area contributed by atoms with Crippen LogP contribution in [0.15, 0.2) is 0 Å². The fourth-order valence-electron chi connectivity index (χ4n) is 4.28. The van der Waals surface area contributed by atoms with E-state index >= 15 is 0 Å². The van der Waals surface area contributed by atoms with Gasteiger partial charge in [-0.25, -0.2) is 0 Å². The van der Waals surface area contributed by atoms with Gasteiger partial charge >= 0.3 is 0 Å². The zero-order chi connectivity index (χ0) is 12.6. The third-order valence-electron chi connectivity index (χ3n) is 5.42. The molecule has 104 valence electrons. The first kappa shape index (κ1) is 13.3. The van der Waals surface area contributed by atoms with Gasteiger partial charge < -0.3 is 10.5 Å². The van der Waals surface area contributed by atoms with Crippen LogP contribution in [0.1, 0.15) is 45.4 Å². The molecule has 1 spiro atoms. The van der Waals surface area contributed by atoms with Crippen LogP contribution in [-0.2, 0) is 4.74 Å². The number of hydrogen-bond donors (Lipinski definition) is 1. The Morgan fingerprint density at radius 3 is 2.94 bits per heavy atom. The van der Waals surface area contributed by atoms with Crippen molar-refractivity contribution in [2.75, 3.05) is 18.1 Å². The van der Waals surface area contributed by atoms with E-state index in [-0.39, 0.29) is 5.60 Å². The SMILES string of the molecule is CC1CCC(N)C(C2CCOC3(CCSC3)C2)C1. The minimum Gasteiger partial charge on any atom is -0.374 e. The molecule has 5 atom stereocenters. The molecule has 1 aliphatic carbocycles. The van der Waals surface area contributed by atoms with Crippen LogP contribution in [0.3, 0.4) is 0 Å². The zero-order valence-corrected chi connectivity index (χ0v) is 12.4. The highest BCUT2D eigenvalue weighted by molar-refractivity contribution is 7.99. The zero-order valence-electron chi connectivity index (χ0n) is 11.6. The normalized spacial score (nSPS) is 49.7. The number of ether oxygens (including phenoxy) is 1. The van der Waals surface area contributed by atoms with Gasteiger partial charge in [-0.3, -0.25) is 0 Å². The second-order valence-corrected chi connectivity index (χ2v) is 7.94. The van der Waals surface area contributed by atoms with Crippen molar-refractivity contribution in [3.8, 4) is 0 Å². The Kier molecular flexibility index (Phi) is 3.93. The molecule has 1 saturated carbocycles. The van der Waals surface area contributed by atoms with E-state index in [9.17, 15) is 0 Å². The van der Waals surface area contributed by atoms with E-state index in [1.807, 2.05) is 0 Å². The minimum atomic E-state index is 0.230. The molecule has 2 nitrogen and oxygen atoms in total. The van der Waals surface area contributed by atoms with Crippen molar-refractivity contribution < 1.29 is 4.74 Å². The van der Waals surface area contributed by atoms with Gasteiger partial charge in [0.25, 0.3) is 0 Å². The van der Waals surface area contributed by atoms with Gasteiger partial charge in [0.05, 0.1) is 5.60 Å². The van der Waals surface area contributed by atoms with Crippen molar-refractivity contribution in [1.82, 2.24) is 0 Å². The third kappa shape index (κ3) is 2.59. The average molecular weight is 269 g/mol. The monoisotopic (exact) mass is 269 g/mol. The Morgan fingerprint density at radius 2 is 2.17 bits per heavy atom. The Morgan fingerprint density at radius 1 is 1.28 bits per heavy atom. The Bertz CT molecular complexity index is 290. The smallest absolute Gasteiger partial charge is 0.0783 e. The van der Waals surface area contributed by atoms with Crippen LogP contribution in [0.4, 0.5) is 0 Å². The molecule has 0 radical (unpaired) electrons. The van der Waals surface area contributed by atoms with Gasteiger partial charge in [0.15, 0.2) is 0 Å². The largest absolute Gasteiger partial charge is 0.374 e. The molecule has 2 aliphatic heterocycles. The highest BCUT2D eigenvalue weighted by Crippen LogP contribution is 2.45. The van der Waals surface area contributed by atoms with Crippen LogP contribution in [0, 0.1) is 17.8 Å². The van der Waals surface area contributed by atoms with E-state index in [2.05, 4.69) is 18.7 Å². The molecule has 0 amide bonds. The van der Waals surface area contributed by atoms with Gasteiger partial charge in [-0.05, 0) is 62.0 Å². The van der Waals surface area contributed by atoms with E-state index in [0.29, 0.717) is 6.04 Å². The van der Waals surface area contributed by atoms with Gasteiger partial charge in [0.1, 0.15) is 0 Å². The lowest BCUT2D eigenvalue weighted by Crippen LogP contribution is -2.47. The van der Waals surface area contributed by atoms with Crippen molar-refractivity contribution in [3.63, 3.8) is 0 Å². The Balaban J connectivity index is 1.67. The van der Waals surface area contributed by atoms with Crippen molar-refractivity contribution >= 4 is 11.8 Å².